The Hall–Kier alpha value is -1.55. The van der Waals surface area contributed by atoms with Crippen molar-refractivity contribution in [3.05, 3.63) is 40.6 Å². The zero-order valence-electron chi connectivity index (χ0n) is 8.32. The molecule has 0 unspecified atom stereocenters. The van der Waals surface area contributed by atoms with Crippen LogP contribution in [0.2, 0.25) is 5.22 Å². The minimum absolute atomic E-state index is 0.112. The maximum Gasteiger partial charge on any atom is 0.216 e. The minimum atomic E-state index is -0.175. The van der Waals surface area contributed by atoms with Crippen molar-refractivity contribution in [2.24, 2.45) is 7.05 Å². The van der Waals surface area contributed by atoms with Gasteiger partial charge in [-0.2, -0.15) is 5.10 Å². The lowest BCUT2D eigenvalue weighted by Gasteiger charge is -2.00. The molecule has 0 N–H and O–H groups in total. The Morgan fingerprint density at radius 3 is 2.80 bits per heavy atom. The summed E-state index contributed by atoms with van der Waals surface area (Å²) >= 11 is 5.74. The van der Waals surface area contributed by atoms with E-state index in [4.69, 9.17) is 16.0 Å². The summed E-state index contributed by atoms with van der Waals surface area (Å²) in [6.07, 6.45) is 3.03. The molecular weight excluding hydrogens is 216 g/mol. The van der Waals surface area contributed by atoms with Crippen LogP contribution in [0.5, 0.6) is 0 Å². The molecule has 0 aliphatic carbocycles. The van der Waals surface area contributed by atoms with Crippen molar-refractivity contribution in [1.82, 2.24) is 9.78 Å². The van der Waals surface area contributed by atoms with Gasteiger partial charge in [-0.15, -0.1) is 0 Å². The van der Waals surface area contributed by atoms with Crippen LogP contribution in [0.4, 0.5) is 0 Å². The van der Waals surface area contributed by atoms with E-state index in [0.29, 0.717) is 11.3 Å². The molecule has 2 heterocycles. The van der Waals surface area contributed by atoms with Gasteiger partial charge in [0.25, 0.3) is 0 Å². The fourth-order valence-corrected chi connectivity index (χ4v) is 1.66. The van der Waals surface area contributed by atoms with Crippen LogP contribution in [0.25, 0.3) is 0 Å². The highest BCUT2D eigenvalue weighted by molar-refractivity contribution is 6.33. The monoisotopic (exact) mass is 224 g/mol. The number of rotatable bonds is 2. The second-order valence-electron chi connectivity index (χ2n) is 3.24. The van der Waals surface area contributed by atoms with Gasteiger partial charge in [0.2, 0.25) is 11.0 Å². The molecular formula is C10H9ClN2O2. The molecule has 0 aliphatic heterocycles. The minimum Gasteiger partial charge on any atom is -0.452 e. The third-order valence-corrected chi connectivity index (χ3v) is 2.49. The van der Waals surface area contributed by atoms with Gasteiger partial charge in [0.15, 0.2) is 0 Å². The number of nitrogens with zero attached hydrogens (tertiary/aromatic N) is 2. The predicted octanol–water partition coefficient (Wildman–Crippen LogP) is 2.21. The van der Waals surface area contributed by atoms with Crippen molar-refractivity contribution in [2.45, 2.75) is 6.92 Å². The molecule has 0 amide bonds. The van der Waals surface area contributed by atoms with Crippen molar-refractivity contribution in [3.63, 3.8) is 0 Å². The summed E-state index contributed by atoms with van der Waals surface area (Å²) in [4.78, 5) is 12.0. The summed E-state index contributed by atoms with van der Waals surface area (Å²) < 4.78 is 6.41. The molecule has 5 heteroatoms. The summed E-state index contributed by atoms with van der Waals surface area (Å²) in [5, 5.41) is 4.11. The first kappa shape index (κ1) is 9.98. The summed E-state index contributed by atoms with van der Waals surface area (Å²) in [7, 11) is 1.72. The summed E-state index contributed by atoms with van der Waals surface area (Å²) in [6.45, 7) is 1.83. The van der Waals surface area contributed by atoms with Crippen LogP contribution < -0.4 is 0 Å². The highest BCUT2D eigenvalue weighted by atomic mass is 35.5. The first-order valence-electron chi connectivity index (χ1n) is 4.37. The van der Waals surface area contributed by atoms with Crippen LogP contribution in [0.3, 0.4) is 0 Å². The fraction of sp³-hybridized carbons (Fsp3) is 0.200. The number of carbonyl (C=O) groups excluding carboxylic acids is 1. The van der Waals surface area contributed by atoms with Crippen LogP contribution in [-0.2, 0) is 7.05 Å². The molecule has 4 nitrogen and oxygen atoms in total. The van der Waals surface area contributed by atoms with E-state index in [1.54, 1.807) is 19.3 Å². The van der Waals surface area contributed by atoms with Gasteiger partial charge in [0, 0.05) is 7.05 Å². The van der Waals surface area contributed by atoms with Crippen molar-refractivity contribution in [3.8, 4) is 0 Å². The molecule has 0 spiro atoms. The Balaban J connectivity index is 2.50. The molecule has 0 bridgehead atoms. The zero-order chi connectivity index (χ0) is 11.0. The molecule has 0 aromatic carbocycles. The largest absolute Gasteiger partial charge is 0.452 e. The number of halogens is 1. The van der Waals surface area contributed by atoms with Gasteiger partial charge in [0.05, 0.1) is 18.0 Å². The summed E-state index contributed by atoms with van der Waals surface area (Å²) in [5.74, 6) is -0.175. The number of aryl methyl sites for hydroxylation is 2. The lowest BCUT2D eigenvalue weighted by Crippen LogP contribution is -2.09. The topological polar surface area (TPSA) is 48.0 Å². The van der Waals surface area contributed by atoms with E-state index in [9.17, 15) is 4.79 Å². The molecule has 15 heavy (non-hydrogen) atoms. The third-order valence-electron chi connectivity index (χ3n) is 2.20. The summed E-state index contributed by atoms with van der Waals surface area (Å²) in [6, 6.07) is 1.55. The predicted molar refractivity (Wildman–Crippen MR) is 55.1 cm³/mol. The van der Waals surface area contributed by atoms with E-state index in [0.717, 1.165) is 5.56 Å². The van der Waals surface area contributed by atoms with E-state index >= 15 is 0 Å². The van der Waals surface area contributed by atoms with Gasteiger partial charge in [-0.3, -0.25) is 9.48 Å². The van der Waals surface area contributed by atoms with Gasteiger partial charge >= 0.3 is 0 Å². The molecule has 78 valence electrons. The number of ketones is 1. The maximum absolute atomic E-state index is 12.0. The van der Waals surface area contributed by atoms with Gasteiger partial charge in [-0.05, 0) is 30.2 Å². The SMILES string of the molecule is Cc1cnn(C)c1C(=O)c1ccoc1Cl. The highest BCUT2D eigenvalue weighted by Gasteiger charge is 2.20. The van der Waals surface area contributed by atoms with Crippen LogP contribution in [0, 0.1) is 6.92 Å². The van der Waals surface area contributed by atoms with E-state index in [-0.39, 0.29) is 11.0 Å². The number of carbonyl (C=O) groups is 1. The van der Waals surface area contributed by atoms with Crippen molar-refractivity contribution in [1.29, 1.82) is 0 Å². The van der Waals surface area contributed by atoms with Crippen LogP contribution in [-0.4, -0.2) is 15.6 Å². The molecule has 0 saturated heterocycles. The van der Waals surface area contributed by atoms with Crippen molar-refractivity contribution in [2.75, 3.05) is 0 Å². The number of hydrogen-bond donors (Lipinski definition) is 0. The normalized spacial score (nSPS) is 10.6. The van der Waals surface area contributed by atoms with Crippen LogP contribution in [0.1, 0.15) is 21.6 Å². The first-order valence-corrected chi connectivity index (χ1v) is 4.75. The maximum atomic E-state index is 12.0. The average Bonchev–Trinajstić information content (AvgIpc) is 2.73. The zero-order valence-corrected chi connectivity index (χ0v) is 9.08. The Labute approximate surface area is 91.4 Å². The molecule has 2 aromatic heterocycles. The van der Waals surface area contributed by atoms with Gasteiger partial charge in [-0.1, -0.05) is 0 Å². The molecule has 0 saturated carbocycles. The van der Waals surface area contributed by atoms with E-state index in [1.807, 2.05) is 6.92 Å². The van der Waals surface area contributed by atoms with Crippen molar-refractivity contribution >= 4 is 17.4 Å². The van der Waals surface area contributed by atoms with E-state index in [1.165, 1.54) is 10.9 Å². The molecule has 0 radical (unpaired) electrons. The summed E-state index contributed by atoms with van der Waals surface area (Å²) in [5.41, 5.74) is 1.71. The average molecular weight is 225 g/mol. The second kappa shape index (κ2) is 3.55. The number of aromatic nitrogens is 2. The van der Waals surface area contributed by atoms with Crippen molar-refractivity contribution < 1.29 is 9.21 Å². The highest BCUT2D eigenvalue weighted by Crippen LogP contribution is 2.21. The van der Waals surface area contributed by atoms with Crippen LogP contribution in [0.15, 0.2) is 22.9 Å². The van der Waals surface area contributed by atoms with Gasteiger partial charge < -0.3 is 4.42 Å². The van der Waals surface area contributed by atoms with Gasteiger partial charge in [-0.25, -0.2) is 0 Å². The Bertz CT molecular complexity index is 494. The third kappa shape index (κ3) is 1.57. The molecule has 0 aliphatic rings. The number of furan rings is 1. The lowest BCUT2D eigenvalue weighted by molar-refractivity contribution is 0.102. The second-order valence-corrected chi connectivity index (χ2v) is 3.58. The smallest absolute Gasteiger partial charge is 0.216 e. The van der Waals surface area contributed by atoms with E-state index in [2.05, 4.69) is 5.10 Å². The molecule has 0 fully saturated rings. The molecule has 0 atom stereocenters. The number of hydrogen-bond acceptors (Lipinski definition) is 3. The Morgan fingerprint density at radius 2 is 2.33 bits per heavy atom. The Morgan fingerprint density at radius 1 is 1.60 bits per heavy atom. The fourth-order valence-electron chi connectivity index (χ4n) is 1.46. The van der Waals surface area contributed by atoms with E-state index < -0.39 is 0 Å². The standard InChI is InChI=1S/C10H9ClN2O2/c1-6-5-12-13(2)8(6)9(14)7-3-4-15-10(7)11/h3-5H,1-2H3. The Kier molecular flexibility index (Phi) is 2.36. The van der Waals surface area contributed by atoms with Crippen LogP contribution >= 0.6 is 11.6 Å². The lowest BCUT2D eigenvalue weighted by atomic mass is 10.1. The quantitative estimate of drug-likeness (QED) is 0.735. The molecule has 2 rings (SSSR count). The molecule has 2 aromatic rings. The van der Waals surface area contributed by atoms with Gasteiger partial charge in [0.1, 0.15) is 5.69 Å². The first-order chi connectivity index (χ1) is 7.11.